The third-order valence-electron chi connectivity index (χ3n) is 4.32. The lowest BCUT2D eigenvalue weighted by Crippen LogP contribution is -2.38. The SMILES string of the molecule is CCc1ccccc1N(CCNC(=O)c1c(OC)cccc1OC)C(C)=O. The fourth-order valence-corrected chi connectivity index (χ4v) is 2.97. The van der Waals surface area contributed by atoms with Crippen LogP contribution in [0, 0.1) is 0 Å². The number of carbonyl (C=O) groups excluding carboxylic acids is 2. The van der Waals surface area contributed by atoms with Gasteiger partial charge in [0, 0.05) is 25.7 Å². The highest BCUT2D eigenvalue weighted by Gasteiger charge is 2.19. The molecule has 0 aromatic heterocycles. The van der Waals surface area contributed by atoms with Crippen molar-refractivity contribution in [3.8, 4) is 11.5 Å². The number of carbonyl (C=O) groups is 2. The molecule has 0 bridgehead atoms. The summed E-state index contributed by atoms with van der Waals surface area (Å²) >= 11 is 0. The van der Waals surface area contributed by atoms with E-state index in [4.69, 9.17) is 9.47 Å². The molecule has 0 unspecified atom stereocenters. The van der Waals surface area contributed by atoms with Gasteiger partial charge in [0.15, 0.2) is 0 Å². The first-order valence-electron chi connectivity index (χ1n) is 8.88. The second-order valence-corrected chi connectivity index (χ2v) is 5.95. The van der Waals surface area contributed by atoms with Gasteiger partial charge in [-0.25, -0.2) is 0 Å². The van der Waals surface area contributed by atoms with Gasteiger partial charge in [-0.05, 0) is 30.2 Å². The molecule has 1 N–H and O–H groups in total. The number of hydrogen-bond donors (Lipinski definition) is 1. The van der Waals surface area contributed by atoms with E-state index in [-0.39, 0.29) is 11.8 Å². The summed E-state index contributed by atoms with van der Waals surface area (Å²) in [6.45, 7) is 4.25. The normalized spacial score (nSPS) is 10.2. The van der Waals surface area contributed by atoms with Crippen molar-refractivity contribution in [2.45, 2.75) is 20.3 Å². The highest BCUT2D eigenvalue weighted by atomic mass is 16.5. The van der Waals surface area contributed by atoms with Crippen LogP contribution in [0.2, 0.25) is 0 Å². The lowest BCUT2D eigenvalue weighted by atomic mass is 10.1. The Morgan fingerprint density at radius 1 is 1.00 bits per heavy atom. The number of amides is 2. The van der Waals surface area contributed by atoms with Crippen LogP contribution in [0.15, 0.2) is 42.5 Å². The summed E-state index contributed by atoms with van der Waals surface area (Å²) in [4.78, 5) is 26.5. The first kappa shape index (κ1) is 20.3. The van der Waals surface area contributed by atoms with Gasteiger partial charge in [-0.3, -0.25) is 9.59 Å². The minimum atomic E-state index is -0.309. The average molecular weight is 370 g/mol. The van der Waals surface area contributed by atoms with Crippen molar-refractivity contribution < 1.29 is 19.1 Å². The van der Waals surface area contributed by atoms with Crippen LogP contribution in [-0.4, -0.2) is 39.1 Å². The maximum Gasteiger partial charge on any atom is 0.258 e. The van der Waals surface area contributed by atoms with E-state index >= 15 is 0 Å². The molecule has 0 heterocycles. The second kappa shape index (κ2) is 9.62. The summed E-state index contributed by atoms with van der Waals surface area (Å²) in [6.07, 6.45) is 0.824. The molecule has 0 aliphatic rings. The molecule has 2 amide bonds. The van der Waals surface area contributed by atoms with E-state index < -0.39 is 0 Å². The van der Waals surface area contributed by atoms with E-state index in [1.165, 1.54) is 21.1 Å². The molecule has 0 spiro atoms. The van der Waals surface area contributed by atoms with Crippen LogP contribution >= 0.6 is 0 Å². The van der Waals surface area contributed by atoms with E-state index in [2.05, 4.69) is 5.32 Å². The van der Waals surface area contributed by atoms with Crippen LogP contribution in [0.5, 0.6) is 11.5 Å². The van der Waals surface area contributed by atoms with Crippen molar-refractivity contribution in [1.29, 1.82) is 0 Å². The van der Waals surface area contributed by atoms with Crippen LogP contribution in [0.4, 0.5) is 5.69 Å². The van der Waals surface area contributed by atoms with E-state index in [0.717, 1.165) is 17.7 Å². The molecule has 2 aromatic rings. The summed E-state index contributed by atoms with van der Waals surface area (Å²) in [5.74, 6) is 0.495. The highest BCUT2D eigenvalue weighted by Crippen LogP contribution is 2.28. The molecule has 0 aliphatic carbocycles. The number of nitrogens with zero attached hydrogens (tertiary/aromatic N) is 1. The Labute approximate surface area is 160 Å². The number of rotatable bonds is 8. The van der Waals surface area contributed by atoms with Crippen LogP contribution in [0.25, 0.3) is 0 Å². The van der Waals surface area contributed by atoms with Gasteiger partial charge in [-0.1, -0.05) is 31.2 Å². The van der Waals surface area contributed by atoms with Crippen molar-refractivity contribution in [2.24, 2.45) is 0 Å². The van der Waals surface area contributed by atoms with E-state index in [0.29, 0.717) is 30.2 Å². The van der Waals surface area contributed by atoms with Crippen LogP contribution < -0.4 is 19.7 Å². The molecule has 6 heteroatoms. The minimum Gasteiger partial charge on any atom is -0.496 e. The lowest BCUT2D eigenvalue weighted by molar-refractivity contribution is -0.116. The second-order valence-electron chi connectivity index (χ2n) is 5.95. The van der Waals surface area contributed by atoms with Gasteiger partial charge in [0.2, 0.25) is 5.91 Å². The summed E-state index contributed by atoms with van der Waals surface area (Å²) in [5, 5.41) is 2.85. The monoisotopic (exact) mass is 370 g/mol. The molecule has 0 saturated heterocycles. The molecular weight excluding hydrogens is 344 g/mol. The maximum atomic E-state index is 12.6. The van der Waals surface area contributed by atoms with Crippen molar-refractivity contribution in [3.05, 3.63) is 53.6 Å². The maximum absolute atomic E-state index is 12.6. The fraction of sp³-hybridized carbons (Fsp3) is 0.333. The van der Waals surface area contributed by atoms with Gasteiger partial charge in [0.1, 0.15) is 17.1 Å². The lowest BCUT2D eigenvalue weighted by Gasteiger charge is -2.24. The van der Waals surface area contributed by atoms with E-state index in [9.17, 15) is 9.59 Å². The standard InChI is InChI=1S/C21H26N2O4/c1-5-16-9-6-7-10-17(16)23(15(2)24)14-13-22-21(25)20-18(26-3)11-8-12-19(20)27-4/h6-12H,5,13-14H2,1-4H3,(H,22,25). The number of para-hydroxylation sites is 1. The molecule has 2 rings (SSSR count). The first-order valence-corrected chi connectivity index (χ1v) is 8.88. The van der Waals surface area contributed by atoms with Crippen molar-refractivity contribution >= 4 is 17.5 Å². The molecular formula is C21H26N2O4. The van der Waals surface area contributed by atoms with Gasteiger partial charge in [0.05, 0.1) is 14.2 Å². The number of hydrogen-bond acceptors (Lipinski definition) is 4. The van der Waals surface area contributed by atoms with Crippen LogP contribution in [0.3, 0.4) is 0 Å². The number of ether oxygens (including phenoxy) is 2. The third kappa shape index (κ3) is 4.78. The number of anilines is 1. The van der Waals surface area contributed by atoms with Gasteiger partial charge in [-0.15, -0.1) is 0 Å². The molecule has 0 atom stereocenters. The topological polar surface area (TPSA) is 67.9 Å². The van der Waals surface area contributed by atoms with Gasteiger partial charge in [0.25, 0.3) is 5.91 Å². The fourth-order valence-electron chi connectivity index (χ4n) is 2.97. The molecule has 0 aliphatic heterocycles. The number of aryl methyl sites for hydroxylation is 1. The average Bonchev–Trinajstić information content (AvgIpc) is 2.70. The molecule has 2 aromatic carbocycles. The Balaban J connectivity index is 2.12. The van der Waals surface area contributed by atoms with Crippen molar-refractivity contribution in [3.63, 3.8) is 0 Å². The molecule has 27 heavy (non-hydrogen) atoms. The van der Waals surface area contributed by atoms with Crippen molar-refractivity contribution in [1.82, 2.24) is 5.32 Å². The molecule has 0 fully saturated rings. The largest absolute Gasteiger partial charge is 0.496 e. The quantitative estimate of drug-likeness (QED) is 0.775. The molecule has 144 valence electrons. The van der Waals surface area contributed by atoms with E-state index in [1.54, 1.807) is 23.1 Å². The number of benzene rings is 2. The zero-order valence-electron chi connectivity index (χ0n) is 16.2. The zero-order valence-corrected chi connectivity index (χ0v) is 16.2. The van der Waals surface area contributed by atoms with Crippen LogP contribution in [-0.2, 0) is 11.2 Å². The Morgan fingerprint density at radius 3 is 2.19 bits per heavy atom. The third-order valence-corrected chi connectivity index (χ3v) is 4.32. The summed E-state index contributed by atoms with van der Waals surface area (Å²) in [5.41, 5.74) is 2.30. The van der Waals surface area contributed by atoms with Crippen LogP contribution in [0.1, 0.15) is 29.8 Å². The summed E-state index contributed by atoms with van der Waals surface area (Å²) in [7, 11) is 3.01. The Kier molecular flexibility index (Phi) is 7.23. The zero-order chi connectivity index (χ0) is 19.8. The van der Waals surface area contributed by atoms with Crippen molar-refractivity contribution in [2.75, 3.05) is 32.2 Å². The predicted octanol–water partition coefficient (Wildman–Crippen LogP) is 3.05. The predicted molar refractivity (Wildman–Crippen MR) is 106 cm³/mol. The molecule has 6 nitrogen and oxygen atoms in total. The van der Waals surface area contributed by atoms with Gasteiger partial charge in [-0.2, -0.15) is 0 Å². The number of methoxy groups -OCH3 is 2. The number of nitrogens with one attached hydrogen (secondary N) is 1. The Bertz CT molecular complexity index is 782. The van der Waals surface area contributed by atoms with E-state index in [1.807, 2.05) is 31.2 Å². The van der Waals surface area contributed by atoms with Gasteiger partial charge < -0.3 is 19.7 Å². The Hall–Kier alpha value is -3.02. The highest BCUT2D eigenvalue weighted by molar-refractivity contribution is 6.00. The Morgan fingerprint density at radius 2 is 1.63 bits per heavy atom. The summed E-state index contributed by atoms with van der Waals surface area (Å²) < 4.78 is 10.5. The van der Waals surface area contributed by atoms with Gasteiger partial charge >= 0.3 is 0 Å². The first-order chi connectivity index (χ1) is 13.0. The summed E-state index contributed by atoms with van der Waals surface area (Å²) in [6, 6.07) is 13.0. The smallest absolute Gasteiger partial charge is 0.258 e. The minimum absolute atomic E-state index is 0.0694. The molecule has 0 saturated carbocycles. The molecule has 0 radical (unpaired) electrons.